The Morgan fingerprint density at radius 1 is 1.00 bits per heavy atom. The molecule has 6 heteroatoms. The van der Waals surface area contributed by atoms with Crippen molar-refractivity contribution in [3.05, 3.63) is 82.8 Å². The maximum Gasteiger partial charge on any atom is 0.0916 e. The number of benzene rings is 2. The summed E-state index contributed by atoms with van der Waals surface area (Å²) in [6.45, 7) is 12.3. The van der Waals surface area contributed by atoms with E-state index >= 15 is 0 Å². The average molecular weight is 439 g/mol. The topological polar surface area (TPSA) is 35.5 Å². The van der Waals surface area contributed by atoms with Crippen LogP contribution in [0.4, 0.5) is 0 Å². The van der Waals surface area contributed by atoms with Gasteiger partial charge in [-0.2, -0.15) is 11.8 Å². The molecular weight excluding hydrogens is 407 g/mol. The fourth-order valence-corrected chi connectivity index (χ4v) is 3.70. The van der Waals surface area contributed by atoms with Crippen molar-refractivity contribution in [1.82, 2.24) is 0 Å². The average Bonchev–Trinajstić information content (AvgIpc) is 2.68. The second kappa shape index (κ2) is 14.9. The highest BCUT2D eigenvalue weighted by molar-refractivity contribution is 7.98. The zero-order valence-corrected chi connectivity index (χ0v) is 19.7. The Hall–Kier alpha value is -0.970. The molecule has 2 aromatic carbocycles. The second-order valence-electron chi connectivity index (χ2n) is 6.42. The van der Waals surface area contributed by atoms with Gasteiger partial charge in [0.15, 0.2) is 0 Å². The third-order valence-corrected chi connectivity index (χ3v) is 5.90. The SMILES string of the molecule is C=CS(=O)Cc1ccc(C)cc1.Cc1ccc(CSCCOOP(C)C)cc1. The molecule has 0 radical (unpaired) electrons. The summed E-state index contributed by atoms with van der Waals surface area (Å²) >= 11 is 1.87. The first-order valence-electron chi connectivity index (χ1n) is 9.06. The standard InChI is InChI=1S/C12H19O2PS.C10H12OS/c1-11-4-6-12(7-5-11)10-16-9-8-13-14-15(2)3;1-3-12(11)8-10-6-4-9(2)5-7-10/h4-7H,8-10H2,1-3H3;3-7H,1,8H2,2H3. The predicted molar refractivity (Wildman–Crippen MR) is 126 cm³/mol. The zero-order valence-electron chi connectivity index (χ0n) is 17.2. The van der Waals surface area contributed by atoms with Gasteiger partial charge in [0.2, 0.25) is 0 Å². The molecule has 0 saturated carbocycles. The van der Waals surface area contributed by atoms with Crippen molar-refractivity contribution in [2.45, 2.75) is 25.4 Å². The third-order valence-electron chi connectivity index (χ3n) is 3.52. The van der Waals surface area contributed by atoms with E-state index in [1.807, 2.05) is 56.3 Å². The summed E-state index contributed by atoms with van der Waals surface area (Å²) in [4.78, 5) is 5.06. The second-order valence-corrected chi connectivity index (χ2v) is 10.7. The molecule has 28 heavy (non-hydrogen) atoms. The van der Waals surface area contributed by atoms with E-state index in [4.69, 9.17) is 9.56 Å². The Balaban J connectivity index is 0.000000292. The van der Waals surface area contributed by atoms with Gasteiger partial charge in [0.1, 0.15) is 0 Å². The molecule has 0 aromatic heterocycles. The Morgan fingerprint density at radius 2 is 1.54 bits per heavy atom. The highest BCUT2D eigenvalue weighted by Gasteiger charge is 1.97. The summed E-state index contributed by atoms with van der Waals surface area (Å²) in [6, 6.07) is 16.7. The van der Waals surface area contributed by atoms with E-state index in [-0.39, 0.29) is 0 Å². The molecule has 0 aliphatic carbocycles. The first-order chi connectivity index (χ1) is 13.4. The van der Waals surface area contributed by atoms with Crippen LogP contribution in [0.15, 0.2) is 60.5 Å². The Labute approximate surface area is 178 Å². The summed E-state index contributed by atoms with van der Waals surface area (Å²) in [5.74, 6) is 2.58. The molecule has 0 fully saturated rings. The van der Waals surface area contributed by atoms with Crippen LogP contribution >= 0.6 is 19.9 Å². The largest absolute Gasteiger partial charge is 0.255 e. The lowest BCUT2D eigenvalue weighted by Crippen LogP contribution is -1.96. The van der Waals surface area contributed by atoms with Crippen LogP contribution in [-0.4, -0.2) is 29.9 Å². The van der Waals surface area contributed by atoms with Crippen molar-refractivity contribution in [2.75, 3.05) is 25.7 Å². The molecule has 0 spiro atoms. The van der Waals surface area contributed by atoms with Crippen LogP contribution < -0.4 is 0 Å². The van der Waals surface area contributed by atoms with Crippen LogP contribution in [-0.2, 0) is 31.9 Å². The molecule has 3 nitrogen and oxygen atoms in total. The van der Waals surface area contributed by atoms with E-state index in [0.717, 1.165) is 17.1 Å². The molecule has 0 aliphatic rings. The van der Waals surface area contributed by atoms with Crippen LogP contribution in [0.1, 0.15) is 22.3 Å². The van der Waals surface area contributed by atoms with Crippen molar-refractivity contribution < 1.29 is 13.8 Å². The Bertz CT molecular complexity index is 701. The highest BCUT2D eigenvalue weighted by atomic mass is 32.2. The summed E-state index contributed by atoms with van der Waals surface area (Å²) in [7, 11) is -1.32. The molecule has 1 atom stereocenters. The summed E-state index contributed by atoms with van der Waals surface area (Å²) in [5.41, 5.74) is 5.00. The summed E-state index contributed by atoms with van der Waals surface area (Å²) in [6.07, 6.45) is 0. The molecule has 0 N–H and O–H groups in total. The van der Waals surface area contributed by atoms with Gasteiger partial charge in [0.05, 0.1) is 20.5 Å². The predicted octanol–water partition coefficient (Wildman–Crippen LogP) is 6.22. The van der Waals surface area contributed by atoms with Crippen molar-refractivity contribution in [3.63, 3.8) is 0 Å². The molecular formula is C22H31O3PS2. The maximum absolute atomic E-state index is 11.1. The Morgan fingerprint density at radius 3 is 2.04 bits per heavy atom. The highest BCUT2D eigenvalue weighted by Crippen LogP contribution is 2.25. The van der Waals surface area contributed by atoms with E-state index in [9.17, 15) is 4.21 Å². The van der Waals surface area contributed by atoms with E-state index in [0.29, 0.717) is 12.4 Å². The van der Waals surface area contributed by atoms with Gasteiger partial charge in [-0.15, -0.1) is 0 Å². The van der Waals surface area contributed by atoms with Gasteiger partial charge in [-0.3, -0.25) is 4.21 Å². The lowest BCUT2D eigenvalue weighted by molar-refractivity contribution is -0.192. The van der Waals surface area contributed by atoms with Crippen molar-refractivity contribution in [1.29, 1.82) is 0 Å². The van der Waals surface area contributed by atoms with Crippen LogP contribution in [0.25, 0.3) is 0 Å². The van der Waals surface area contributed by atoms with Gasteiger partial charge >= 0.3 is 0 Å². The minimum Gasteiger partial charge on any atom is -0.255 e. The van der Waals surface area contributed by atoms with E-state index in [1.165, 1.54) is 22.1 Å². The molecule has 154 valence electrons. The van der Waals surface area contributed by atoms with Gasteiger partial charge in [-0.25, -0.2) is 9.56 Å². The van der Waals surface area contributed by atoms with Gasteiger partial charge in [-0.05, 0) is 43.7 Å². The first kappa shape index (κ1) is 25.1. The molecule has 1 unspecified atom stereocenters. The van der Waals surface area contributed by atoms with Gasteiger partial charge in [0, 0.05) is 22.3 Å². The Kier molecular flexibility index (Phi) is 13.4. The molecule has 2 aromatic rings. The molecule has 0 saturated heterocycles. The molecule has 0 heterocycles. The fraction of sp³-hybridized carbons (Fsp3) is 0.364. The lowest BCUT2D eigenvalue weighted by atomic mass is 10.2. The van der Waals surface area contributed by atoms with Gasteiger partial charge < -0.3 is 0 Å². The van der Waals surface area contributed by atoms with Crippen LogP contribution in [0.2, 0.25) is 0 Å². The van der Waals surface area contributed by atoms with E-state index in [1.54, 1.807) is 0 Å². The summed E-state index contributed by atoms with van der Waals surface area (Å²) in [5, 5.41) is 1.47. The van der Waals surface area contributed by atoms with E-state index < -0.39 is 18.9 Å². The van der Waals surface area contributed by atoms with Gasteiger partial charge in [-0.1, -0.05) is 66.2 Å². The minimum absolute atomic E-state index is 0.400. The van der Waals surface area contributed by atoms with Crippen LogP contribution in [0.3, 0.4) is 0 Å². The van der Waals surface area contributed by atoms with Crippen molar-refractivity contribution >= 4 is 30.7 Å². The first-order valence-corrected chi connectivity index (χ1v) is 13.7. The fourth-order valence-electron chi connectivity index (χ4n) is 2.02. The molecule has 0 aliphatic heterocycles. The molecule has 0 bridgehead atoms. The maximum atomic E-state index is 11.1. The van der Waals surface area contributed by atoms with Gasteiger partial charge in [0.25, 0.3) is 0 Å². The normalized spacial score (nSPS) is 11.6. The van der Waals surface area contributed by atoms with Crippen molar-refractivity contribution in [3.8, 4) is 0 Å². The van der Waals surface area contributed by atoms with Crippen LogP contribution in [0, 0.1) is 13.8 Å². The quantitative estimate of drug-likeness (QED) is 0.191. The minimum atomic E-state index is -0.921. The number of hydrogen-bond acceptors (Lipinski definition) is 4. The number of rotatable bonds is 10. The monoisotopic (exact) mass is 438 g/mol. The summed E-state index contributed by atoms with van der Waals surface area (Å²) < 4.78 is 16.1. The van der Waals surface area contributed by atoms with Crippen molar-refractivity contribution in [2.24, 2.45) is 0 Å². The number of hydrogen-bond donors (Lipinski definition) is 0. The number of thioether (sulfide) groups is 1. The van der Waals surface area contributed by atoms with Crippen LogP contribution in [0.5, 0.6) is 0 Å². The lowest BCUT2D eigenvalue weighted by Gasteiger charge is -2.06. The smallest absolute Gasteiger partial charge is 0.0916 e. The third kappa shape index (κ3) is 12.5. The van der Waals surface area contributed by atoms with E-state index in [2.05, 4.69) is 37.8 Å². The number of aryl methyl sites for hydroxylation is 2. The molecule has 0 amide bonds. The molecule has 2 rings (SSSR count). The zero-order chi connectivity index (χ0) is 20.8.